The molecule has 0 aromatic carbocycles. The van der Waals surface area contributed by atoms with Gasteiger partial charge in [-0.05, 0) is 180 Å². The van der Waals surface area contributed by atoms with Gasteiger partial charge in [-0.1, -0.05) is 144 Å². The molecule has 10 aromatic heterocycles. The predicted molar refractivity (Wildman–Crippen MR) is 423 cm³/mol. The number of tetrazole rings is 1. The molecular formula is C75H148N26O. The summed E-state index contributed by atoms with van der Waals surface area (Å²) in [5, 5.41) is 55.3. The van der Waals surface area contributed by atoms with Crippen LogP contribution in [-0.2, 0) is 55.0 Å². The lowest BCUT2D eigenvalue weighted by Gasteiger charge is -2.19. The number of imidazole rings is 1. The maximum Gasteiger partial charge on any atom is 0.199 e. The molecule has 0 unspecified atom stereocenters. The van der Waals surface area contributed by atoms with Crippen molar-refractivity contribution in [1.82, 2.24) is 129 Å². The Morgan fingerprint density at radius 3 is 1.11 bits per heavy atom. The summed E-state index contributed by atoms with van der Waals surface area (Å²) in [4.78, 5) is 17.7. The summed E-state index contributed by atoms with van der Waals surface area (Å²) in [6.45, 7) is 84.9. The van der Waals surface area contributed by atoms with Crippen LogP contribution in [0.15, 0.2) is 123 Å². The second-order valence-electron chi connectivity index (χ2n) is 31.1. The minimum Gasteiger partial charge on any atom is -0.448 e. The van der Waals surface area contributed by atoms with Crippen molar-refractivity contribution in [3.8, 4) is 0 Å². The van der Waals surface area contributed by atoms with Gasteiger partial charge in [0.25, 0.3) is 0 Å². The Labute approximate surface area is 619 Å². The van der Waals surface area contributed by atoms with Crippen LogP contribution in [0.1, 0.15) is 307 Å². The van der Waals surface area contributed by atoms with Crippen LogP contribution >= 0.6 is 0 Å². The van der Waals surface area contributed by atoms with E-state index in [1.54, 1.807) is 84.6 Å². The third-order valence-electron chi connectivity index (χ3n) is 11.6. The van der Waals surface area contributed by atoms with E-state index in [1.807, 2.05) is 159 Å². The van der Waals surface area contributed by atoms with E-state index in [0.29, 0.717) is 0 Å². The predicted octanol–water partition coefficient (Wildman–Crippen LogP) is 18.7. The summed E-state index contributed by atoms with van der Waals surface area (Å²) in [5.74, 6) is 2.55. The van der Waals surface area contributed by atoms with Crippen LogP contribution in [0.25, 0.3) is 0 Å². The lowest BCUT2D eigenvalue weighted by molar-refractivity contribution is 0.312. The zero-order valence-corrected chi connectivity index (χ0v) is 71.1. The highest BCUT2D eigenvalue weighted by atomic mass is 16.3. The van der Waals surface area contributed by atoms with Crippen LogP contribution in [0.2, 0.25) is 0 Å². The highest BCUT2D eigenvalue weighted by Gasteiger charge is 2.20. The zero-order valence-electron chi connectivity index (χ0n) is 71.1. The molecule has 102 heavy (non-hydrogen) atoms. The van der Waals surface area contributed by atoms with E-state index in [4.69, 9.17) is 4.42 Å². The van der Waals surface area contributed by atoms with E-state index in [1.165, 1.54) is 5.56 Å². The second-order valence-corrected chi connectivity index (χ2v) is 31.1. The van der Waals surface area contributed by atoms with Gasteiger partial charge >= 0.3 is 0 Å². The molecule has 0 saturated carbocycles. The number of aryl methyl sites for hydroxylation is 1. The first-order chi connectivity index (χ1) is 46.4. The summed E-state index contributed by atoms with van der Waals surface area (Å²) in [7, 11) is 0. The summed E-state index contributed by atoms with van der Waals surface area (Å²) in [6.07, 6.45) is 31.7. The molecule has 27 nitrogen and oxygen atoms in total. The molecule has 0 aliphatic rings. The van der Waals surface area contributed by atoms with Gasteiger partial charge in [0, 0.05) is 59.1 Å². The third kappa shape index (κ3) is 49.2. The minimum atomic E-state index is 0. The minimum absolute atomic E-state index is 0. The van der Waals surface area contributed by atoms with Gasteiger partial charge < -0.3 is 13.6 Å². The Bertz CT molecular complexity index is 2620. The Kier molecular flexibility index (Phi) is 52.2. The number of aromatic nitrogens is 26. The van der Waals surface area contributed by atoms with Gasteiger partial charge in [-0.25, -0.2) is 34.0 Å². The SMILES string of the molecule is C.CC.CC.CC.CC.CC.CC(C)(C)c1cn[nH]c1.CC(C)(C)c1ncco1.CC(C)(C)n1cccn1.CC(C)(C)n1ccnc1.CC(C)(C)n1ccnn1.CC(C)(C)n1cncn1.CC(C)(C)n1cnnc1.CC(C)(C)n1cnnn1.CC(C)(C)n1nccn1.Cc1nc(C(C)(C)C)n[nH]1. The molecule has 0 aliphatic heterocycles. The molecule has 0 atom stereocenters. The van der Waals surface area contributed by atoms with Crippen molar-refractivity contribution in [2.75, 3.05) is 0 Å². The van der Waals surface area contributed by atoms with Gasteiger partial charge in [-0.15, -0.1) is 20.4 Å². The van der Waals surface area contributed by atoms with Crippen molar-refractivity contribution in [3.63, 3.8) is 0 Å². The standard InChI is InChI=1S/C7H13N3.3C7H12N2.C7H11NO.4C6H11N3.C5H10N4.5C2H6.CH4/c1-5-8-6(10-9-5)7(2,3)4;1-7(2,3)6-4-8-9-5-6;1-7(2,3)9-5-4-8-6-9;1-7(2,3)9-6-4-5-8-9;1-7(2,3)6-8-4-5-9-6;1-6(2,3)9-4-7-8-5-9;1-6(2,3)9-5-7-4-8-9;1-6(2,3)9-5-4-7-8-9;1-6(2,3)9-7-4-5-8-9;1-5(2,3)9-4-6-7-8-9;5*1-2;/h1-4H3,(H,8,9,10);4-5H,1-3H3,(H,8,9);2*4-6H,1-3H3;5*4-5H,1-3H3;4H,1-3H3;5*1-2H3;1H4. The molecule has 0 radical (unpaired) electrons. The molecule has 0 fully saturated rings. The summed E-state index contributed by atoms with van der Waals surface area (Å²) in [6, 6.07) is 1.94. The molecule has 0 saturated heterocycles. The van der Waals surface area contributed by atoms with Gasteiger partial charge in [0.05, 0.1) is 65.0 Å². The zero-order chi connectivity index (χ0) is 79.9. The first-order valence-corrected chi connectivity index (χ1v) is 35.4. The normalized spacial score (nSPS) is 10.9. The van der Waals surface area contributed by atoms with Crippen molar-refractivity contribution in [1.29, 1.82) is 0 Å². The van der Waals surface area contributed by atoms with Crippen LogP contribution in [-0.4, -0.2) is 129 Å². The van der Waals surface area contributed by atoms with Crippen molar-refractivity contribution in [2.45, 2.75) is 346 Å². The topological polar surface area (TPSA) is 298 Å². The fourth-order valence-electron chi connectivity index (χ4n) is 5.95. The second kappa shape index (κ2) is 50.9. The molecule has 584 valence electrons. The van der Waals surface area contributed by atoms with Gasteiger partial charge in [0.15, 0.2) is 11.7 Å². The average molecular weight is 1430 g/mol. The smallest absolute Gasteiger partial charge is 0.199 e. The maximum atomic E-state index is 5.09. The fraction of sp³-hybridized carbons (Fsp3) is 0.693. The molecule has 0 spiro atoms. The van der Waals surface area contributed by atoms with Crippen LogP contribution < -0.4 is 0 Å². The fourth-order valence-corrected chi connectivity index (χ4v) is 5.95. The van der Waals surface area contributed by atoms with Gasteiger partial charge in [0.1, 0.15) is 43.7 Å². The first-order valence-electron chi connectivity index (χ1n) is 35.4. The van der Waals surface area contributed by atoms with Crippen LogP contribution in [0, 0.1) is 6.92 Å². The number of nitrogens with zero attached hydrogens (tertiary/aromatic N) is 24. The van der Waals surface area contributed by atoms with Crippen molar-refractivity contribution in [3.05, 3.63) is 142 Å². The van der Waals surface area contributed by atoms with Gasteiger partial charge in [-0.2, -0.15) is 35.4 Å². The molecular weight excluding hydrogens is 1280 g/mol. The van der Waals surface area contributed by atoms with E-state index >= 15 is 0 Å². The number of oxazole rings is 1. The molecule has 27 heteroatoms. The molecule has 2 N–H and O–H groups in total. The Morgan fingerprint density at radius 1 is 0.402 bits per heavy atom. The number of hydrogen-bond acceptors (Lipinski definition) is 18. The van der Waals surface area contributed by atoms with Crippen molar-refractivity contribution in [2.24, 2.45) is 0 Å². The highest BCUT2D eigenvalue weighted by Crippen LogP contribution is 2.21. The molecule has 10 heterocycles. The van der Waals surface area contributed by atoms with E-state index in [-0.39, 0.29) is 62.4 Å². The highest BCUT2D eigenvalue weighted by molar-refractivity contribution is 5.13. The number of H-pyrrole nitrogens is 2. The average Bonchev–Trinajstić information content (AvgIpc) is 1.73. The molecule has 10 aromatic rings. The quantitative estimate of drug-likeness (QED) is 0.143. The summed E-state index contributed by atoms with van der Waals surface area (Å²) < 4.78 is 16.4. The maximum absolute atomic E-state index is 5.09. The van der Waals surface area contributed by atoms with Gasteiger partial charge in [-0.3, -0.25) is 14.9 Å². The number of nitrogens with one attached hydrogen (secondary N) is 2. The number of hydrogen-bond donors (Lipinski definition) is 2. The third-order valence-corrected chi connectivity index (χ3v) is 11.6. The van der Waals surface area contributed by atoms with E-state index in [9.17, 15) is 0 Å². The summed E-state index contributed by atoms with van der Waals surface area (Å²) >= 11 is 0. The monoisotopic (exact) mass is 1430 g/mol. The lowest BCUT2D eigenvalue weighted by Crippen LogP contribution is -2.24. The molecule has 0 amide bonds. The molecule has 0 aliphatic carbocycles. The lowest BCUT2D eigenvalue weighted by atomic mass is 9.90. The van der Waals surface area contributed by atoms with Crippen LogP contribution in [0.3, 0.4) is 0 Å². The molecule has 10 rings (SSSR count). The first kappa shape index (κ1) is 105. The Hall–Kier alpha value is -8.39. The Morgan fingerprint density at radius 2 is 0.912 bits per heavy atom. The van der Waals surface area contributed by atoms with Crippen molar-refractivity contribution >= 4 is 0 Å². The van der Waals surface area contributed by atoms with Gasteiger partial charge in [0.2, 0.25) is 0 Å². The van der Waals surface area contributed by atoms with E-state index in [0.717, 1.165) is 17.5 Å². The number of aromatic amines is 2. The van der Waals surface area contributed by atoms with Crippen LogP contribution in [0.5, 0.6) is 0 Å². The largest absolute Gasteiger partial charge is 0.448 e. The Balaban J connectivity index is -0.000000247. The van der Waals surface area contributed by atoms with Crippen molar-refractivity contribution < 1.29 is 4.42 Å². The number of rotatable bonds is 0. The van der Waals surface area contributed by atoms with Crippen LogP contribution in [0.4, 0.5) is 0 Å². The van der Waals surface area contributed by atoms with E-state index in [2.05, 4.69) is 288 Å². The van der Waals surface area contributed by atoms with E-state index < -0.39 is 0 Å². The summed E-state index contributed by atoms with van der Waals surface area (Å²) in [5.41, 5.74) is 2.16. The molecule has 0 bridgehead atoms.